The van der Waals surface area contributed by atoms with Gasteiger partial charge >= 0.3 is 0 Å². The van der Waals surface area contributed by atoms with Crippen molar-refractivity contribution in [1.29, 1.82) is 0 Å². The molecule has 0 heterocycles. The number of hydrogen-bond donors (Lipinski definition) is 2. The van der Waals surface area contributed by atoms with Gasteiger partial charge in [-0.1, -0.05) is 0 Å². The summed E-state index contributed by atoms with van der Waals surface area (Å²) in [5, 5.41) is 12.6. The van der Waals surface area contributed by atoms with Gasteiger partial charge in [0.05, 0.1) is 12.7 Å². The van der Waals surface area contributed by atoms with Gasteiger partial charge in [0, 0.05) is 39.1 Å². The standard InChI is InChI=1S/C12H20N2O2/c1-14(2)11-6-4-10(5-7-11)13-8-12(15)9-16-3/h4-7,12-13,15H,8-9H2,1-3H3. The highest BCUT2D eigenvalue weighted by atomic mass is 16.5. The normalized spacial score (nSPS) is 12.2. The highest BCUT2D eigenvalue weighted by molar-refractivity contribution is 5.54. The van der Waals surface area contributed by atoms with E-state index in [4.69, 9.17) is 4.74 Å². The van der Waals surface area contributed by atoms with E-state index in [1.54, 1.807) is 7.11 Å². The third kappa shape index (κ3) is 4.08. The lowest BCUT2D eigenvalue weighted by atomic mass is 10.2. The van der Waals surface area contributed by atoms with Gasteiger partial charge in [0.1, 0.15) is 0 Å². The van der Waals surface area contributed by atoms with Crippen LogP contribution in [-0.2, 0) is 4.74 Å². The third-order valence-corrected chi connectivity index (χ3v) is 2.28. The smallest absolute Gasteiger partial charge is 0.0945 e. The number of aliphatic hydroxyl groups excluding tert-OH is 1. The number of anilines is 2. The van der Waals surface area contributed by atoms with Gasteiger partial charge in [0.15, 0.2) is 0 Å². The quantitative estimate of drug-likeness (QED) is 0.761. The molecule has 4 heteroatoms. The van der Waals surface area contributed by atoms with Crippen LogP contribution in [0.25, 0.3) is 0 Å². The average molecular weight is 224 g/mol. The molecule has 1 atom stereocenters. The average Bonchev–Trinajstić information content (AvgIpc) is 2.27. The molecule has 4 nitrogen and oxygen atoms in total. The molecule has 0 saturated carbocycles. The summed E-state index contributed by atoms with van der Waals surface area (Å²) in [5.41, 5.74) is 2.16. The Morgan fingerprint density at radius 3 is 2.44 bits per heavy atom. The van der Waals surface area contributed by atoms with Crippen molar-refractivity contribution in [1.82, 2.24) is 0 Å². The van der Waals surface area contributed by atoms with Crippen molar-refractivity contribution in [3.05, 3.63) is 24.3 Å². The summed E-state index contributed by atoms with van der Waals surface area (Å²) in [6, 6.07) is 8.06. The van der Waals surface area contributed by atoms with E-state index in [0.29, 0.717) is 13.2 Å². The highest BCUT2D eigenvalue weighted by Crippen LogP contribution is 2.15. The molecule has 1 unspecified atom stereocenters. The van der Waals surface area contributed by atoms with Gasteiger partial charge in [-0.25, -0.2) is 0 Å². The Kier molecular flexibility index (Phi) is 5.08. The third-order valence-electron chi connectivity index (χ3n) is 2.28. The maximum atomic E-state index is 9.46. The van der Waals surface area contributed by atoms with Crippen LogP contribution in [0.15, 0.2) is 24.3 Å². The molecule has 0 radical (unpaired) electrons. The minimum Gasteiger partial charge on any atom is -0.389 e. The van der Waals surface area contributed by atoms with Crippen LogP contribution in [0.5, 0.6) is 0 Å². The summed E-state index contributed by atoms with van der Waals surface area (Å²) in [4.78, 5) is 2.05. The molecule has 90 valence electrons. The lowest BCUT2D eigenvalue weighted by Gasteiger charge is -2.14. The van der Waals surface area contributed by atoms with Crippen LogP contribution in [0.1, 0.15) is 0 Å². The van der Waals surface area contributed by atoms with Crippen LogP contribution in [0, 0.1) is 0 Å². The Labute approximate surface area is 96.8 Å². The second-order valence-corrected chi connectivity index (χ2v) is 3.93. The molecule has 16 heavy (non-hydrogen) atoms. The van der Waals surface area contributed by atoms with Gasteiger partial charge in [0.25, 0.3) is 0 Å². The molecule has 1 rings (SSSR count). The van der Waals surface area contributed by atoms with E-state index in [2.05, 4.69) is 5.32 Å². The predicted molar refractivity (Wildman–Crippen MR) is 67.1 cm³/mol. The first-order chi connectivity index (χ1) is 7.63. The monoisotopic (exact) mass is 224 g/mol. The molecular weight excluding hydrogens is 204 g/mol. The molecule has 1 aromatic rings. The highest BCUT2D eigenvalue weighted by Gasteiger charge is 2.02. The van der Waals surface area contributed by atoms with Crippen LogP contribution < -0.4 is 10.2 Å². The van der Waals surface area contributed by atoms with Crippen LogP contribution in [0.4, 0.5) is 11.4 Å². The fourth-order valence-corrected chi connectivity index (χ4v) is 1.36. The Balaban J connectivity index is 2.43. The minimum absolute atomic E-state index is 0.350. The van der Waals surface area contributed by atoms with Crippen LogP contribution >= 0.6 is 0 Å². The van der Waals surface area contributed by atoms with E-state index >= 15 is 0 Å². The molecular formula is C12H20N2O2. The number of hydrogen-bond acceptors (Lipinski definition) is 4. The van der Waals surface area contributed by atoms with Crippen molar-refractivity contribution in [3.8, 4) is 0 Å². The summed E-state index contributed by atoms with van der Waals surface area (Å²) in [5.74, 6) is 0. The van der Waals surface area contributed by atoms with E-state index < -0.39 is 6.10 Å². The van der Waals surface area contributed by atoms with E-state index in [0.717, 1.165) is 11.4 Å². The molecule has 2 N–H and O–H groups in total. The lowest BCUT2D eigenvalue weighted by Crippen LogP contribution is -2.24. The van der Waals surface area contributed by atoms with Crippen molar-refractivity contribution in [3.63, 3.8) is 0 Å². The molecule has 0 saturated heterocycles. The van der Waals surface area contributed by atoms with E-state index in [1.165, 1.54) is 0 Å². The van der Waals surface area contributed by atoms with Crippen molar-refractivity contribution >= 4 is 11.4 Å². The fraction of sp³-hybridized carbons (Fsp3) is 0.500. The second-order valence-electron chi connectivity index (χ2n) is 3.93. The van der Waals surface area contributed by atoms with Gasteiger partial charge in [0.2, 0.25) is 0 Å². The lowest BCUT2D eigenvalue weighted by molar-refractivity contribution is 0.0727. The Bertz CT molecular complexity index is 298. The van der Waals surface area contributed by atoms with E-state index in [1.807, 2.05) is 43.3 Å². The first-order valence-corrected chi connectivity index (χ1v) is 5.31. The maximum absolute atomic E-state index is 9.46. The van der Waals surface area contributed by atoms with E-state index in [9.17, 15) is 5.11 Å². The van der Waals surface area contributed by atoms with Crippen molar-refractivity contribution in [2.45, 2.75) is 6.10 Å². The van der Waals surface area contributed by atoms with Crippen LogP contribution in [0.2, 0.25) is 0 Å². The minimum atomic E-state index is -0.474. The van der Waals surface area contributed by atoms with Gasteiger partial charge in [-0.15, -0.1) is 0 Å². The second kappa shape index (κ2) is 6.35. The Morgan fingerprint density at radius 1 is 1.31 bits per heavy atom. The van der Waals surface area contributed by atoms with Crippen LogP contribution in [0.3, 0.4) is 0 Å². The summed E-state index contributed by atoms with van der Waals surface area (Å²) >= 11 is 0. The maximum Gasteiger partial charge on any atom is 0.0945 e. The van der Waals surface area contributed by atoms with Gasteiger partial charge in [-0.2, -0.15) is 0 Å². The molecule has 0 fully saturated rings. The fourth-order valence-electron chi connectivity index (χ4n) is 1.36. The zero-order valence-corrected chi connectivity index (χ0v) is 10.1. The molecule has 0 aliphatic rings. The molecule has 0 aromatic heterocycles. The zero-order chi connectivity index (χ0) is 12.0. The van der Waals surface area contributed by atoms with Crippen molar-refractivity contribution < 1.29 is 9.84 Å². The number of methoxy groups -OCH3 is 1. The molecule has 0 aliphatic carbocycles. The number of aliphatic hydroxyl groups is 1. The predicted octanol–water partition coefficient (Wildman–Crippen LogP) is 1.17. The van der Waals surface area contributed by atoms with E-state index in [-0.39, 0.29) is 0 Å². The number of rotatable bonds is 6. The summed E-state index contributed by atoms with van der Waals surface area (Å²) in [6.45, 7) is 0.845. The van der Waals surface area contributed by atoms with Crippen LogP contribution in [-0.4, -0.2) is 45.6 Å². The first kappa shape index (κ1) is 12.8. The summed E-state index contributed by atoms with van der Waals surface area (Å²) in [6.07, 6.45) is -0.474. The first-order valence-electron chi connectivity index (χ1n) is 5.31. The molecule has 0 aliphatic heterocycles. The van der Waals surface area contributed by atoms with Gasteiger partial charge in [-0.3, -0.25) is 0 Å². The van der Waals surface area contributed by atoms with Crippen molar-refractivity contribution in [2.24, 2.45) is 0 Å². The van der Waals surface area contributed by atoms with Gasteiger partial charge < -0.3 is 20.1 Å². The number of nitrogens with zero attached hydrogens (tertiary/aromatic N) is 1. The molecule has 1 aromatic carbocycles. The summed E-state index contributed by atoms with van der Waals surface area (Å²) in [7, 11) is 5.59. The van der Waals surface area contributed by atoms with Crippen molar-refractivity contribution in [2.75, 3.05) is 44.6 Å². The molecule has 0 spiro atoms. The van der Waals surface area contributed by atoms with Gasteiger partial charge in [-0.05, 0) is 24.3 Å². The Morgan fingerprint density at radius 2 is 1.94 bits per heavy atom. The number of ether oxygens (including phenoxy) is 1. The Hall–Kier alpha value is -1.26. The molecule has 0 bridgehead atoms. The molecule has 0 amide bonds. The largest absolute Gasteiger partial charge is 0.389 e. The number of nitrogens with one attached hydrogen (secondary N) is 1. The SMILES string of the molecule is COCC(O)CNc1ccc(N(C)C)cc1. The topological polar surface area (TPSA) is 44.7 Å². The number of benzene rings is 1. The zero-order valence-electron chi connectivity index (χ0n) is 10.1. The summed E-state index contributed by atoms with van der Waals surface area (Å²) < 4.78 is 4.85.